The molecule has 0 radical (unpaired) electrons. The van der Waals surface area contributed by atoms with E-state index in [1.165, 1.54) is 24.3 Å². The van der Waals surface area contributed by atoms with Crippen LogP contribution < -0.4 is 5.32 Å². The van der Waals surface area contributed by atoms with Gasteiger partial charge < -0.3 is 9.73 Å². The molecule has 1 amide bonds. The number of furan rings is 1. The van der Waals surface area contributed by atoms with E-state index in [1.807, 2.05) is 13.0 Å². The quantitative estimate of drug-likeness (QED) is 0.856. The van der Waals surface area contributed by atoms with E-state index >= 15 is 0 Å². The van der Waals surface area contributed by atoms with Crippen LogP contribution in [0.2, 0.25) is 0 Å². The number of nitrogens with one attached hydrogen (secondary N) is 1. The van der Waals surface area contributed by atoms with Gasteiger partial charge in [0.2, 0.25) is 0 Å². The molecular weight excluding hydrogens is 314 g/mol. The summed E-state index contributed by atoms with van der Waals surface area (Å²) in [5.74, 6) is 0.499. The monoisotopic (exact) mass is 327 g/mol. The standard InChI is InChI=1S/C14H14ClNO4S/c1-10(9-12-3-2-8-20-12)16-14(17)11-4-6-13(7-5-11)21(15,18)19/h2-8,10H,9H2,1H3,(H,16,17). The van der Waals surface area contributed by atoms with Gasteiger partial charge in [0.25, 0.3) is 15.0 Å². The Morgan fingerprint density at radius 1 is 1.29 bits per heavy atom. The van der Waals surface area contributed by atoms with Gasteiger partial charge in [0.05, 0.1) is 11.2 Å². The molecule has 1 aromatic heterocycles. The van der Waals surface area contributed by atoms with Crippen LogP contribution in [0, 0.1) is 0 Å². The summed E-state index contributed by atoms with van der Waals surface area (Å²) < 4.78 is 27.5. The number of hydrogen-bond donors (Lipinski definition) is 1. The summed E-state index contributed by atoms with van der Waals surface area (Å²) in [5, 5.41) is 2.81. The van der Waals surface area contributed by atoms with Gasteiger partial charge in [-0.25, -0.2) is 8.42 Å². The van der Waals surface area contributed by atoms with Crippen LogP contribution in [-0.2, 0) is 15.5 Å². The van der Waals surface area contributed by atoms with Gasteiger partial charge in [-0.05, 0) is 43.3 Å². The molecule has 0 aliphatic rings. The van der Waals surface area contributed by atoms with Crippen LogP contribution in [-0.4, -0.2) is 20.4 Å². The highest BCUT2D eigenvalue weighted by Gasteiger charge is 2.14. The lowest BCUT2D eigenvalue weighted by Gasteiger charge is -2.12. The smallest absolute Gasteiger partial charge is 0.261 e. The van der Waals surface area contributed by atoms with Gasteiger partial charge >= 0.3 is 0 Å². The van der Waals surface area contributed by atoms with E-state index in [2.05, 4.69) is 5.32 Å². The molecule has 0 aliphatic heterocycles. The van der Waals surface area contributed by atoms with Crippen molar-refractivity contribution in [3.05, 3.63) is 54.0 Å². The molecule has 5 nitrogen and oxygen atoms in total. The molecule has 1 unspecified atom stereocenters. The first-order chi connectivity index (χ1) is 9.86. The fourth-order valence-electron chi connectivity index (χ4n) is 1.86. The zero-order valence-corrected chi connectivity index (χ0v) is 12.8. The second-order valence-corrected chi connectivity index (χ2v) is 7.19. The van der Waals surface area contributed by atoms with Crippen molar-refractivity contribution in [2.75, 3.05) is 0 Å². The van der Waals surface area contributed by atoms with E-state index < -0.39 is 9.05 Å². The van der Waals surface area contributed by atoms with Crippen molar-refractivity contribution < 1.29 is 17.6 Å². The van der Waals surface area contributed by atoms with Crippen LogP contribution in [0.25, 0.3) is 0 Å². The van der Waals surface area contributed by atoms with Crippen molar-refractivity contribution in [2.24, 2.45) is 0 Å². The molecule has 1 atom stereocenters. The Hall–Kier alpha value is -1.79. The van der Waals surface area contributed by atoms with Gasteiger partial charge in [0.1, 0.15) is 5.76 Å². The fourth-order valence-corrected chi connectivity index (χ4v) is 2.63. The average molecular weight is 328 g/mol. The van der Waals surface area contributed by atoms with E-state index in [0.717, 1.165) is 5.76 Å². The maximum Gasteiger partial charge on any atom is 0.261 e. The second-order valence-electron chi connectivity index (χ2n) is 4.62. The first-order valence-corrected chi connectivity index (χ1v) is 8.55. The number of rotatable bonds is 5. The zero-order valence-electron chi connectivity index (χ0n) is 11.2. The fraction of sp³-hybridized carbons (Fsp3) is 0.214. The van der Waals surface area contributed by atoms with Crippen molar-refractivity contribution in [3.8, 4) is 0 Å². The van der Waals surface area contributed by atoms with Crippen molar-refractivity contribution in [2.45, 2.75) is 24.3 Å². The van der Waals surface area contributed by atoms with Crippen LogP contribution in [0.5, 0.6) is 0 Å². The molecule has 0 aliphatic carbocycles. The van der Waals surface area contributed by atoms with Crippen molar-refractivity contribution in [3.63, 3.8) is 0 Å². The SMILES string of the molecule is CC(Cc1ccco1)NC(=O)c1ccc(S(=O)(=O)Cl)cc1. The van der Waals surface area contributed by atoms with Crippen LogP contribution in [0.15, 0.2) is 52.0 Å². The topological polar surface area (TPSA) is 76.4 Å². The number of hydrogen-bond acceptors (Lipinski definition) is 4. The van der Waals surface area contributed by atoms with Crippen molar-refractivity contribution in [1.82, 2.24) is 5.32 Å². The molecule has 112 valence electrons. The van der Waals surface area contributed by atoms with E-state index in [1.54, 1.807) is 12.3 Å². The first kappa shape index (κ1) is 15.6. The van der Waals surface area contributed by atoms with Crippen LogP contribution in [0.4, 0.5) is 0 Å². The Morgan fingerprint density at radius 2 is 1.95 bits per heavy atom. The van der Waals surface area contributed by atoms with Crippen LogP contribution >= 0.6 is 10.7 Å². The van der Waals surface area contributed by atoms with Gasteiger partial charge in [-0.2, -0.15) is 0 Å². The largest absolute Gasteiger partial charge is 0.469 e. The second kappa shape index (κ2) is 6.32. The molecule has 2 rings (SSSR count). The average Bonchev–Trinajstić information content (AvgIpc) is 2.90. The summed E-state index contributed by atoms with van der Waals surface area (Å²) in [6, 6.07) is 8.95. The van der Waals surface area contributed by atoms with E-state index in [0.29, 0.717) is 12.0 Å². The minimum absolute atomic E-state index is 0.0376. The highest BCUT2D eigenvalue weighted by molar-refractivity contribution is 8.13. The number of carbonyl (C=O) groups is 1. The normalized spacial score (nSPS) is 12.9. The highest BCUT2D eigenvalue weighted by Crippen LogP contribution is 2.15. The lowest BCUT2D eigenvalue weighted by molar-refractivity contribution is 0.0939. The number of amides is 1. The van der Waals surface area contributed by atoms with Crippen molar-refractivity contribution in [1.29, 1.82) is 0 Å². The predicted molar refractivity (Wildman–Crippen MR) is 78.8 cm³/mol. The molecule has 0 saturated heterocycles. The number of carbonyl (C=O) groups excluding carboxylic acids is 1. The Balaban J connectivity index is 2.00. The Morgan fingerprint density at radius 3 is 2.48 bits per heavy atom. The first-order valence-electron chi connectivity index (χ1n) is 6.24. The minimum atomic E-state index is -3.77. The summed E-state index contributed by atoms with van der Waals surface area (Å²) in [7, 11) is 1.44. The van der Waals surface area contributed by atoms with Gasteiger partial charge in [0.15, 0.2) is 0 Å². The summed E-state index contributed by atoms with van der Waals surface area (Å²) in [5.41, 5.74) is 0.366. The molecule has 0 fully saturated rings. The molecular formula is C14H14ClNO4S. The molecule has 0 bridgehead atoms. The van der Waals surface area contributed by atoms with E-state index in [9.17, 15) is 13.2 Å². The molecule has 0 spiro atoms. The maximum atomic E-state index is 12.0. The summed E-state index contributed by atoms with van der Waals surface area (Å²) in [6.45, 7) is 1.86. The molecule has 1 N–H and O–H groups in total. The molecule has 2 aromatic rings. The highest BCUT2D eigenvalue weighted by atomic mass is 35.7. The van der Waals surface area contributed by atoms with E-state index in [-0.39, 0.29) is 16.8 Å². The third kappa shape index (κ3) is 4.34. The third-order valence-electron chi connectivity index (χ3n) is 2.86. The number of benzene rings is 1. The van der Waals surface area contributed by atoms with Gasteiger partial charge in [-0.1, -0.05) is 0 Å². The third-order valence-corrected chi connectivity index (χ3v) is 4.23. The Bertz CT molecular complexity index is 708. The molecule has 7 heteroatoms. The lowest BCUT2D eigenvalue weighted by atomic mass is 10.1. The maximum absolute atomic E-state index is 12.0. The van der Waals surface area contributed by atoms with Gasteiger partial charge in [-0.15, -0.1) is 0 Å². The molecule has 0 saturated carbocycles. The molecule has 1 aromatic carbocycles. The van der Waals surface area contributed by atoms with Gasteiger partial charge in [-0.3, -0.25) is 4.79 Å². The molecule has 1 heterocycles. The van der Waals surface area contributed by atoms with Gasteiger partial charge in [0, 0.05) is 28.7 Å². The number of halogens is 1. The lowest BCUT2D eigenvalue weighted by Crippen LogP contribution is -2.33. The summed E-state index contributed by atoms with van der Waals surface area (Å²) in [4.78, 5) is 12.0. The summed E-state index contributed by atoms with van der Waals surface area (Å²) >= 11 is 0. The van der Waals surface area contributed by atoms with E-state index in [4.69, 9.17) is 15.1 Å². The molecule has 21 heavy (non-hydrogen) atoms. The Labute approximate surface area is 127 Å². The zero-order chi connectivity index (χ0) is 15.5. The predicted octanol–water partition coefficient (Wildman–Crippen LogP) is 2.57. The Kier molecular flexibility index (Phi) is 4.69. The summed E-state index contributed by atoms with van der Waals surface area (Å²) in [6.07, 6.45) is 2.15. The van der Waals surface area contributed by atoms with Crippen LogP contribution in [0.3, 0.4) is 0 Å². The minimum Gasteiger partial charge on any atom is -0.469 e. The van der Waals surface area contributed by atoms with Crippen LogP contribution in [0.1, 0.15) is 23.0 Å². The van der Waals surface area contributed by atoms with Crippen molar-refractivity contribution >= 4 is 25.6 Å².